The van der Waals surface area contributed by atoms with Crippen LogP contribution in [0.3, 0.4) is 0 Å². The third-order valence-corrected chi connectivity index (χ3v) is 4.79. The molecule has 23 heavy (non-hydrogen) atoms. The molecular weight excluding hydrogens is 330 g/mol. The van der Waals surface area contributed by atoms with E-state index in [-0.39, 0.29) is 22.8 Å². The molecule has 8 heteroatoms. The largest absolute Gasteiger partial charge is 0.401 e. The summed E-state index contributed by atoms with van der Waals surface area (Å²) in [6.07, 6.45) is 0. The Morgan fingerprint density at radius 3 is 2.70 bits per heavy atom. The van der Waals surface area contributed by atoms with E-state index in [9.17, 15) is 4.79 Å². The Morgan fingerprint density at radius 2 is 2.09 bits per heavy atom. The number of Topliss-reactive ketones (excluding diaryl/α,β-unsaturated/α-hetero) is 1. The number of benzene rings is 1. The maximum Gasteiger partial charge on any atom is 0.210 e. The first-order valence-corrected chi connectivity index (χ1v) is 8.49. The van der Waals surface area contributed by atoms with Crippen LogP contribution in [-0.2, 0) is 4.79 Å². The number of carbonyl (C=O) groups is 1. The number of ketones is 1. The van der Waals surface area contributed by atoms with Crippen LogP contribution in [0, 0.1) is 18.3 Å². The van der Waals surface area contributed by atoms with Crippen molar-refractivity contribution in [1.82, 2.24) is 10.2 Å². The molecule has 1 heterocycles. The summed E-state index contributed by atoms with van der Waals surface area (Å²) in [6.45, 7) is 3.56. The van der Waals surface area contributed by atoms with Crippen molar-refractivity contribution in [1.29, 1.82) is 5.26 Å². The van der Waals surface area contributed by atoms with Gasteiger partial charge in [0.15, 0.2) is 10.1 Å². The standard InChI is InChI=1S/C15H15N5OS2/c1-9-3-5-11(6-4-9)18-14-19-20-15(23-14)22-8-13(21)12(7-16)10(2)17/h3-6H,8,17H2,1-2H3,(H,18,19)/b12-10+. The third-order valence-electron chi connectivity index (χ3n) is 2.82. The number of allylic oxidation sites excluding steroid dienone is 2. The summed E-state index contributed by atoms with van der Waals surface area (Å²) >= 11 is 2.59. The summed E-state index contributed by atoms with van der Waals surface area (Å²) in [7, 11) is 0. The van der Waals surface area contributed by atoms with E-state index >= 15 is 0 Å². The summed E-state index contributed by atoms with van der Waals surface area (Å²) in [6, 6.07) is 9.75. The van der Waals surface area contributed by atoms with Crippen LogP contribution in [-0.4, -0.2) is 21.7 Å². The first kappa shape index (κ1) is 17.0. The Bertz CT molecular complexity index is 770. The topological polar surface area (TPSA) is 105 Å². The molecule has 6 nitrogen and oxygen atoms in total. The van der Waals surface area contributed by atoms with Crippen molar-refractivity contribution in [3.63, 3.8) is 0 Å². The fraction of sp³-hybridized carbons (Fsp3) is 0.200. The molecule has 1 aromatic heterocycles. The van der Waals surface area contributed by atoms with Crippen LogP contribution < -0.4 is 11.1 Å². The van der Waals surface area contributed by atoms with Crippen molar-refractivity contribution in [2.75, 3.05) is 11.1 Å². The van der Waals surface area contributed by atoms with Crippen LogP contribution in [0.4, 0.5) is 10.8 Å². The lowest BCUT2D eigenvalue weighted by Crippen LogP contribution is -2.10. The van der Waals surface area contributed by atoms with Gasteiger partial charge >= 0.3 is 0 Å². The van der Waals surface area contributed by atoms with Gasteiger partial charge in [-0.2, -0.15) is 5.26 Å². The molecule has 0 spiro atoms. The smallest absolute Gasteiger partial charge is 0.210 e. The molecular formula is C15H15N5OS2. The van der Waals surface area contributed by atoms with Crippen LogP contribution in [0.1, 0.15) is 12.5 Å². The first-order chi connectivity index (χ1) is 11.0. The third kappa shape index (κ3) is 4.81. The van der Waals surface area contributed by atoms with Crippen molar-refractivity contribution in [3.05, 3.63) is 41.1 Å². The number of thioether (sulfide) groups is 1. The molecule has 0 aliphatic heterocycles. The lowest BCUT2D eigenvalue weighted by molar-refractivity contribution is -0.112. The zero-order valence-corrected chi connectivity index (χ0v) is 14.3. The molecule has 0 amide bonds. The predicted molar refractivity (Wildman–Crippen MR) is 92.6 cm³/mol. The average Bonchev–Trinajstić information content (AvgIpc) is 2.95. The van der Waals surface area contributed by atoms with E-state index < -0.39 is 0 Å². The molecule has 0 fully saturated rings. The molecule has 1 aromatic carbocycles. The highest BCUT2D eigenvalue weighted by atomic mass is 32.2. The highest BCUT2D eigenvalue weighted by Gasteiger charge is 2.13. The molecule has 0 saturated heterocycles. The highest BCUT2D eigenvalue weighted by Crippen LogP contribution is 2.28. The van der Waals surface area contributed by atoms with E-state index in [0.717, 1.165) is 5.69 Å². The molecule has 0 aliphatic carbocycles. The fourth-order valence-electron chi connectivity index (χ4n) is 1.65. The van der Waals surface area contributed by atoms with E-state index in [1.54, 1.807) is 0 Å². The summed E-state index contributed by atoms with van der Waals surface area (Å²) in [5.41, 5.74) is 7.85. The Labute approximate surface area is 142 Å². The number of rotatable bonds is 6. The number of anilines is 2. The number of nitrogens with two attached hydrogens (primary N) is 1. The first-order valence-electron chi connectivity index (χ1n) is 6.69. The Hall–Kier alpha value is -2.37. The second kappa shape index (κ2) is 7.76. The van der Waals surface area contributed by atoms with Crippen LogP contribution in [0.2, 0.25) is 0 Å². The molecule has 0 unspecified atom stereocenters. The van der Waals surface area contributed by atoms with Crippen molar-refractivity contribution >= 4 is 39.7 Å². The molecule has 0 saturated carbocycles. The number of carbonyl (C=O) groups excluding carboxylic acids is 1. The van der Waals surface area contributed by atoms with Crippen molar-refractivity contribution in [2.24, 2.45) is 5.73 Å². The van der Waals surface area contributed by atoms with Gasteiger partial charge in [-0.1, -0.05) is 40.8 Å². The fourth-order valence-corrected chi connectivity index (χ4v) is 3.29. The number of hydrogen-bond acceptors (Lipinski definition) is 8. The molecule has 2 rings (SSSR count). The summed E-state index contributed by atoms with van der Waals surface area (Å²) in [5, 5.41) is 20.8. The van der Waals surface area contributed by atoms with Gasteiger partial charge in [-0.15, -0.1) is 10.2 Å². The maximum atomic E-state index is 11.9. The Balaban J connectivity index is 1.95. The highest BCUT2D eigenvalue weighted by molar-refractivity contribution is 8.01. The number of aromatic nitrogens is 2. The van der Waals surface area contributed by atoms with Gasteiger partial charge in [0.2, 0.25) is 5.13 Å². The number of aryl methyl sites for hydroxylation is 1. The average molecular weight is 345 g/mol. The molecule has 2 aromatic rings. The number of hydrogen-bond donors (Lipinski definition) is 2. The molecule has 0 aliphatic rings. The lowest BCUT2D eigenvalue weighted by Gasteiger charge is -2.01. The molecule has 3 N–H and O–H groups in total. The molecule has 0 atom stereocenters. The van der Waals surface area contributed by atoms with Gasteiger partial charge in [-0.25, -0.2) is 0 Å². The van der Waals surface area contributed by atoms with E-state index in [4.69, 9.17) is 11.0 Å². The van der Waals surface area contributed by atoms with Crippen LogP contribution in [0.5, 0.6) is 0 Å². The summed E-state index contributed by atoms with van der Waals surface area (Å²) in [5.74, 6) is -0.197. The maximum absolute atomic E-state index is 11.9. The number of nitrogens with one attached hydrogen (secondary N) is 1. The SMILES string of the molecule is C/C(N)=C(/C#N)C(=O)CSc1nnc(Nc2ccc(C)cc2)s1. The van der Waals surface area contributed by atoms with Crippen LogP contribution in [0.25, 0.3) is 0 Å². The second-order valence-corrected chi connectivity index (χ2v) is 6.95. The normalized spacial score (nSPS) is 11.5. The summed E-state index contributed by atoms with van der Waals surface area (Å²) < 4.78 is 0.653. The molecule has 118 valence electrons. The minimum absolute atomic E-state index is 0.0000177. The van der Waals surface area contributed by atoms with Crippen molar-refractivity contribution < 1.29 is 4.79 Å². The minimum atomic E-state index is -0.305. The van der Waals surface area contributed by atoms with Crippen LogP contribution >= 0.6 is 23.1 Å². The molecule has 0 bridgehead atoms. The van der Waals surface area contributed by atoms with Gasteiger partial charge in [-0.3, -0.25) is 4.79 Å². The lowest BCUT2D eigenvalue weighted by atomic mass is 10.2. The zero-order valence-electron chi connectivity index (χ0n) is 12.7. The van der Waals surface area contributed by atoms with Crippen molar-refractivity contribution in [3.8, 4) is 6.07 Å². The van der Waals surface area contributed by atoms with Gasteiger partial charge in [0, 0.05) is 11.4 Å². The quantitative estimate of drug-likeness (QED) is 0.471. The van der Waals surface area contributed by atoms with E-state index in [2.05, 4.69) is 15.5 Å². The number of nitrogens with zero attached hydrogens (tertiary/aromatic N) is 3. The number of nitriles is 1. The van der Waals surface area contributed by atoms with Gasteiger partial charge in [0.05, 0.1) is 5.75 Å². The minimum Gasteiger partial charge on any atom is -0.401 e. The van der Waals surface area contributed by atoms with Crippen molar-refractivity contribution in [2.45, 2.75) is 18.2 Å². The predicted octanol–water partition coefficient (Wildman–Crippen LogP) is 3.01. The van der Waals surface area contributed by atoms with E-state index in [1.165, 1.54) is 35.6 Å². The van der Waals surface area contributed by atoms with Crippen LogP contribution in [0.15, 0.2) is 39.9 Å². The van der Waals surface area contributed by atoms with Gasteiger partial charge < -0.3 is 11.1 Å². The van der Waals surface area contributed by atoms with E-state index in [1.807, 2.05) is 37.3 Å². The molecule has 0 radical (unpaired) electrons. The Morgan fingerprint density at radius 1 is 1.39 bits per heavy atom. The zero-order chi connectivity index (χ0) is 16.8. The van der Waals surface area contributed by atoms with E-state index in [0.29, 0.717) is 9.47 Å². The van der Waals surface area contributed by atoms with Gasteiger partial charge in [0.25, 0.3) is 0 Å². The Kier molecular flexibility index (Phi) is 5.73. The van der Waals surface area contributed by atoms with Gasteiger partial charge in [0.1, 0.15) is 11.6 Å². The summed E-state index contributed by atoms with van der Waals surface area (Å²) in [4.78, 5) is 11.9. The second-order valence-electron chi connectivity index (χ2n) is 4.75. The monoisotopic (exact) mass is 345 g/mol. The van der Waals surface area contributed by atoms with Gasteiger partial charge in [-0.05, 0) is 26.0 Å².